The molecule has 3 aromatic rings. The van der Waals surface area contributed by atoms with Gasteiger partial charge < -0.3 is 20.2 Å². The lowest BCUT2D eigenvalue weighted by Gasteiger charge is -2.12. The smallest absolute Gasteiger partial charge is 0.341 e. The van der Waals surface area contributed by atoms with Gasteiger partial charge in [0.2, 0.25) is 0 Å². The van der Waals surface area contributed by atoms with E-state index in [-0.39, 0.29) is 50.8 Å². The molecule has 0 atom stereocenters. The molecule has 3 rings (SSSR count). The normalized spacial score (nSPS) is 9.97. The third-order valence-corrected chi connectivity index (χ3v) is 4.40. The maximum absolute atomic E-state index is 12.1. The van der Waals surface area contributed by atoms with E-state index in [4.69, 9.17) is 10.5 Å². The summed E-state index contributed by atoms with van der Waals surface area (Å²) in [6, 6.07) is 13.1. The fraction of sp³-hybridized carbons (Fsp3) is 0.0476. The fourth-order valence-corrected chi connectivity index (χ4v) is 2.96. The van der Waals surface area contributed by atoms with Crippen molar-refractivity contribution in [2.75, 3.05) is 12.8 Å². The number of rotatable bonds is 5. The lowest BCUT2D eigenvalue weighted by Crippen LogP contribution is -2.16. The predicted octanol–water partition coefficient (Wildman–Crippen LogP) is 2.85. The number of aromatic amines is 1. The fourth-order valence-electron chi connectivity index (χ4n) is 2.96. The van der Waals surface area contributed by atoms with Crippen molar-refractivity contribution < 1.29 is 19.2 Å². The number of nitrogens with one attached hydrogen (secondary N) is 1. The molecule has 0 spiro atoms. The van der Waals surface area contributed by atoms with E-state index in [1.165, 1.54) is 24.3 Å². The molecule has 158 valence electrons. The number of nitro benzene ring substituents is 1. The summed E-state index contributed by atoms with van der Waals surface area (Å²) in [5, 5.41) is 29.9. The number of nitro groups is 1. The van der Waals surface area contributed by atoms with Crippen molar-refractivity contribution in [3.63, 3.8) is 0 Å². The van der Waals surface area contributed by atoms with Gasteiger partial charge in [0, 0.05) is 17.7 Å². The molecule has 3 N–H and O–H groups in total. The number of nitriles is 2. The van der Waals surface area contributed by atoms with Crippen LogP contribution in [0.3, 0.4) is 0 Å². The molecule has 0 bridgehead atoms. The summed E-state index contributed by atoms with van der Waals surface area (Å²) in [5.74, 6) is -0.902. The molecule has 0 aliphatic rings. The van der Waals surface area contributed by atoms with Gasteiger partial charge >= 0.3 is 5.97 Å². The Kier molecular flexibility index (Phi) is 5.85. The number of non-ortho nitro benzene ring substituents is 1. The summed E-state index contributed by atoms with van der Waals surface area (Å²) >= 11 is 0. The number of hydrogen-bond donors (Lipinski definition) is 2. The van der Waals surface area contributed by atoms with E-state index in [2.05, 4.69) is 9.72 Å². The molecular weight excluding hydrogens is 418 g/mol. The van der Waals surface area contributed by atoms with E-state index >= 15 is 0 Å². The number of benzene rings is 2. The number of nitrogen functional groups attached to an aromatic ring is 1. The minimum atomic E-state index is -0.847. The van der Waals surface area contributed by atoms with Crippen LogP contribution in [0.2, 0.25) is 0 Å². The third-order valence-electron chi connectivity index (χ3n) is 4.40. The molecule has 1 aromatic heterocycles. The first kappa shape index (κ1) is 21.5. The number of esters is 1. The standard InChI is InChI=1S/C21H13N5O6/c1-31-21(28)14-8-12(26(29)30)5-6-17(14)32-13-4-2-3-11(7-13)18-15(9-22)19(24)25-20(27)16(18)10-23/h2-8H,1H3,(H3,24,25,27). The maximum Gasteiger partial charge on any atom is 0.341 e. The summed E-state index contributed by atoms with van der Waals surface area (Å²) in [4.78, 5) is 36.8. The molecular formula is C21H13N5O6. The molecule has 11 heteroatoms. The minimum Gasteiger partial charge on any atom is -0.465 e. The number of aromatic nitrogens is 1. The quantitative estimate of drug-likeness (QED) is 0.348. The van der Waals surface area contributed by atoms with Gasteiger partial charge in [0.1, 0.15) is 46.1 Å². The molecule has 11 nitrogen and oxygen atoms in total. The number of pyridine rings is 1. The first-order valence-corrected chi connectivity index (χ1v) is 8.81. The van der Waals surface area contributed by atoms with Crippen LogP contribution < -0.4 is 16.0 Å². The molecule has 0 fully saturated rings. The zero-order valence-corrected chi connectivity index (χ0v) is 16.4. The van der Waals surface area contributed by atoms with Crippen molar-refractivity contribution in [1.82, 2.24) is 4.98 Å². The van der Waals surface area contributed by atoms with Crippen LogP contribution in [0.15, 0.2) is 47.3 Å². The second kappa shape index (κ2) is 8.69. The van der Waals surface area contributed by atoms with Crippen molar-refractivity contribution in [3.05, 3.63) is 79.6 Å². The van der Waals surface area contributed by atoms with Crippen LogP contribution in [0.4, 0.5) is 11.5 Å². The number of ether oxygens (including phenoxy) is 2. The number of hydrogen-bond acceptors (Lipinski definition) is 9. The van der Waals surface area contributed by atoms with Gasteiger partial charge in [-0.15, -0.1) is 0 Å². The van der Waals surface area contributed by atoms with Crippen LogP contribution in [-0.4, -0.2) is 23.0 Å². The number of nitrogens with zero attached hydrogens (tertiary/aromatic N) is 3. The van der Waals surface area contributed by atoms with Crippen molar-refractivity contribution in [3.8, 4) is 34.8 Å². The largest absolute Gasteiger partial charge is 0.465 e. The van der Waals surface area contributed by atoms with Crippen LogP contribution in [-0.2, 0) is 4.74 Å². The molecule has 0 saturated heterocycles. The van der Waals surface area contributed by atoms with E-state index in [1.807, 2.05) is 6.07 Å². The van der Waals surface area contributed by atoms with Gasteiger partial charge in [0.25, 0.3) is 11.2 Å². The van der Waals surface area contributed by atoms with Crippen molar-refractivity contribution in [2.24, 2.45) is 0 Å². The first-order chi connectivity index (χ1) is 15.3. The number of carbonyl (C=O) groups is 1. The second-order valence-electron chi connectivity index (χ2n) is 6.28. The Morgan fingerprint density at radius 3 is 2.50 bits per heavy atom. The summed E-state index contributed by atoms with van der Waals surface area (Å²) in [7, 11) is 1.12. The maximum atomic E-state index is 12.1. The van der Waals surface area contributed by atoms with E-state index in [9.17, 15) is 30.2 Å². The SMILES string of the molecule is COC(=O)c1cc([N+](=O)[O-])ccc1Oc1cccc(-c2c(C#N)c(N)[nH]c(=O)c2C#N)c1. The van der Waals surface area contributed by atoms with Gasteiger partial charge in [-0.25, -0.2) is 4.79 Å². The van der Waals surface area contributed by atoms with Crippen LogP contribution in [0.5, 0.6) is 11.5 Å². The minimum absolute atomic E-state index is 0.0222. The molecule has 2 aromatic carbocycles. The predicted molar refractivity (Wildman–Crippen MR) is 111 cm³/mol. The highest BCUT2D eigenvalue weighted by Gasteiger charge is 2.21. The topological polar surface area (TPSA) is 185 Å². The van der Waals surface area contributed by atoms with Crippen LogP contribution in [0, 0.1) is 32.8 Å². The molecule has 0 saturated carbocycles. The van der Waals surface area contributed by atoms with Gasteiger partial charge in [0.15, 0.2) is 0 Å². The number of nitrogens with two attached hydrogens (primary N) is 1. The summed E-state index contributed by atoms with van der Waals surface area (Å²) < 4.78 is 10.4. The second-order valence-corrected chi connectivity index (χ2v) is 6.28. The molecule has 0 unspecified atom stereocenters. The van der Waals surface area contributed by atoms with Gasteiger partial charge in [-0.1, -0.05) is 12.1 Å². The Morgan fingerprint density at radius 2 is 1.88 bits per heavy atom. The Hall–Kier alpha value is -5.16. The molecule has 1 heterocycles. The van der Waals surface area contributed by atoms with Crippen molar-refractivity contribution in [2.45, 2.75) is 0 Å². The Labute approximate surface area is 180 Å². The summed E-state index contributed by atoms with van der Waals surface area (Å²) in [6.45, 7) is 0. The highest BCUT2D eigenvalue weighted by Crippen LogP contribution is 2.34. The van der Waals surface area contributed by atoms with Gasteiger partial charge in [-0.2, -0.15) is 10.5 Å². The summed E-state index contributed by atoms with van der Waals surface area (Å²) in [6.07, 6.45) is 0. The Balaban J connectivity index is 2.13. The highest BCUT2D eigenvalue weighted by atomic mass is 16.6. The number of anilines is 1. The van der Waals surface area contributed by atoms with E-state index < -0.39 is 16.5 Å². The number of H-pyrrole nitrogens is 1. The first-order valence-electron chi connectivity index (χ1n) is 8.81. The van der Waals surface area contributed by atoms with Crippen LogP contribution in [0.25, 0.3) is 11.1 Å². The Morgan fingerprint density at radius 1 is 1.16 bits per heavy atom. The van der Waals surface area contributed by atoms with Crippen molar-refractivity contribution in [1.29, 1.82) is 10.5 Å². The monoisotopic (exact) mass is 431 g/mol. The number of carbonyl (C=O) groups excluding carboxylic acids is 1. The number of methoxy groups -OCH3 is 1. The van der Waals surface area contributed by atoms with E-state index in [0.29, 0.717) is 0 Å². The average molecular weight is 431 g/mol. The van der Waals surface area contributed by atoms with Gasteiger partial charge in [-0.3, -0.25) is 14.9 Å². The van der Waals surface area contributed by atoms with Crippen molar-refractivity contribution >= 4 is 17.5 Å². The van der Waals surface area contributed by atoms with E-state index in [1.54, 1.807) is 12.1 Å². The summed E-state index contributed by atoms with van der Waals surface area (Å²) in [5.41, 5.74) is 4.39. The Bertz CT molecular complexity index is 1400. The van der Waals surface area contributed by atoms with E-state index in [0.717, 1.165) is 19.2 Å². The third kappa shape index (κ3) is 3.94. The van der Waals surface area contributed by atoms with Crippen LogP contribution >= 0.6 is 0 Å². The molecule has 0 amide bonds. The zero-order chi connectivity index (χ0) is 23.4. The molecule has 0 aliphatic heterocycles. The molecule has 32 heavy (non-hydrogen) atoms. The van der Waals surface area contributed by atoms with Gasteiger partial charge in [0.05, 0.1) is 12.0 Å². The van der Waals surface area contributed by atoms with Gasteiger partial charge in [-0.05, 0) is 23.8 Å². The highest BCUT2D eigenvalue weighted by molar-refractivity contribution is 5.93. The average Bonchev–Trinajstić information content (AvgIpc) is 2.78. The van der Waals surface area contributed by atoms with Crippen LogP contribution in [0.1, 0.15) is 21.5 Å². The zero-order valence-electron chi connectivity index (χ0n) is 16.4. The molecule has 0 aliphatic carbocycles. The lowest BCUT2D eigenvalue weighted by atomic mass is 9.96. The lowest BCUT2D eigenvalue weighted by molar-refractivity contribution is -0.384. The molecule has 0 radical (unpaired) electrons.